The van der Waals surface area contributed by atoms with Crippen molar-refractivity contribution in [3.05, 3.63) is 11.8 Å². The van der Waals surface area contributed by atoms with Crippen LogP contribution in [0.15, 0.2) is 11.8 Å². The summed E-state index contributed by atoms with van der Waals surface area (Å²) < 4.78 is 0. The normalized spacial score (nSPS) is 35.5. The minimum absolute atomic E-state index is 0.396. The number of carbonyl (C=O) groups is 1. The fourth-order valence-corrected chi connectivity index (χ4v) is 2.61. The Hall–Kier alpha value is -0.790. The Balaban J connectivity index is 2.21. The fourth-order valence-electron chi connectivity index (χ4n) is 2.61. The van der Waals surface area contributed by atoms with Gasteiger partial charge in [0.15, 0.2) is 5.78 Å². The van der Waals surface area contributed by atoms with E-state index in [4.69, 9.17) is 0 Å². The zero-order chi connectivity index (χ0) is 9.42. The maximum absolute atomic E-state index is 11.7. The van der Waals surface area contributed by atoms with Crippen molar-refractivity contribution in [1.82, 2.24) is 4.90 Å². The van der Waals surface area contributed by atoms with Gasteiger partial charge in [0.25, 0.3) is 0 Å². The van der Waals surface area contributed by atoms with E-state index in [-0.39, 0.29) is 0 Å². The minimum atomic E-state index is 0.396. The molecule has 0 saturated heterocycles. The summed E-state index contributed by atoms with van der Waals surface area (Å²) in [5.74, 6) is 1.68. The van der Waals surface area contributed by atoms with Crippen LogP contribution in [-0.4, -0.2) is 24.8 Å². The molecule has 2 atom stereocenters. The second-order valence-electron chi connectivity index (χ2n) is 4.55. The molecule has 0 radical (unpaired) electrons. The van der Waals surface area contributed by atoms with Crippen molar-refractivity contribution in [3.8, 4) is 0 Å². The van der Waals surface area contributed by atoms with Crippen LogP contribution in [0.25, 0.3) is 0 Å². The van der Waals surface area contributed by atoms with E-state index in [9.17, 15) is 4.79 Å². The monoisotopic (exact) mass is 179 g/mol. The first kappa shape index (κ1) is 8.79. The lowest BCUT2D eigenvalue weighted by molar-refractivity contribution is -0.117. The van der Waals surface area contributed by atoms with Gasteiger partial charge in [-0.25, -0.2) is 0 Å². The number of fused-ring (bicyclic) bond motifs is 2. The maximum atomic E-state index is 11.7. The Morgan fingerprint density at radius 2 is 2.15 bits per heavy atom. The molecular formula is C11H17NO. The predicted molar refractivity (Wildman–Crippen MR) is 52.2 cm³/mol. The molecule has 0 amide bonds. The molecule has 2 aliphatic rings. The highest BCUT2D eigenvalue weighted by Gasteiger charge is 2.36. The van der Waals surface area contributed by atoms with E-state index in [1.54, 1.807) is 0 Å². The van der Waals surface area contributed by atoms with Gasteiger partial charge in [0.2, 0.25) is 0 Å². The van der Waals surface area contributed by atoms with E-state index < -0.39 is 0 Å². The molecule has 2 saturated carbocycles. The molecule has 2 heteroatoms. The Bertz CT molecular complexity index is 255. The Labute approximate surface area is 79.6 Å². The van der Waals surface area contributed by atoms with Crippen LogP contribution in [0.1, 0.15) is 25.7 Å². The summed E-state index contributed by atoms with van der Waals surface area (Å²) >= 11 is 0. The van der Waals surface area contributed by atoms with Crippen LogP contribution in [0.5, 0.6) is 0 Å². The summed E-state index contributed by atoms with van der Waals surface area (Å²) in [4.78, 5) is 13.7. The van der Waals surface area contributed by atoms with Crippen molar-refractivity contribution >= 4 is 5.78 Å². The number of carbonyl (C=O) groups excluding carboxylic acids is 1. The number of rotatable bonds is 1. The third kappa shape index (κ3) is 1.62. The quantitative estimate of drug-likeness (QED) is 0.572. The molecule has 0 aliphatic heterocycles. The number of nitrogens with zero attached hydrogens (tertiary/aromatic N) is 1. The zero-order valence-electron chi connectivity index (χ0n) is 8.42. The van der Waals surface area contributed by atoms with Gasteiger partial charge in [-0.3, -0.25) is 4.79 Å². The Morgan fingerprint density at radius 1 is 1.38 bits per heavy atom. The molecule has 0 N–H and O–H groups in total. The molecule has 2 fully saturated rings. The molecule has 0 spiro atoms. The van der Waals surface area contributed by atoms with Crippen LogP contribution in [0.4, 0.5) is 0 Å². The average molecular weight is 179 g/mol. The molecule has 0 aromatic rings. The number of Topliss-reactive ketones (excluding diaryl/α,β-unsaturated/α-hetero) is 1. The number of hydrogen-bond donors (Lipinski definition) is 0. The Kier molecular flexibility index (Phi) is 2.14. The summed E-state index contributed by atoms with van der Waals surface area (Å²) in [5.41, 5.74) is 1.08. The highest BCUT2D eigenvalue weighted by atomic mass is 16.1. The SMILES string of the molecule is CN(C)/C=C1\C(=O)CC2CCC1C2. The maximum Gasteiger partial charge on any atom is 0.160 e. The molecule has 2 unspecified atom stereocenters. The lowest BCUT2D eigenvalue weighted by atomic mass is 9.84. The van der Waals surface area contributed by atoms with E-state index >= 15 is 0 Å². The fraction of sp³-hybridized carbons (Fsp3) is 0.727. The van der Waals surface area contributed by atoms with E-state index in [1.165, 1.54) is 19.3 Å². The molecule has 13 heavy (non-hydrogen) atoms. The molecule has 0 heterocycles. The van der Waals surface area contributed by atoms with Crippen LogP contribution in [0.2, 0.25) is 0 Å². The van der Waals surface area contributed by atoms with E-state index in [1.807, 2.05) is 25.2 Å². The first-order valence-electron chi connectivity index (χ1n) is 5.08. The van der Waals surface area contributed by atoms with E-state index in [2.05, 4.69) is 0 Å². The van der Waals surface area contributed by atoms with Crippen LogP contribution >= 0.6 is 0 Å². The molecular weight excluding hydrogens is 162 g/mol. The van der Waals surface area contributed by atoms with Crippen molar-refractivity contribution in [1.29, 1.82) is 0 Å². The Morgan fingerprint density at radius 3 is 2.85 bits per heavy atom. The van der Waals surface area contributed by atoms with Gasteiger partial charge in [0, 0.05) is 32.3 Å². The highest BCUT2D eigenvalue weighted by Crippen LogP contribution is 2.43. The van der Waals surface area contributed by atoms with Crippen molar-refractivity contribution in [3.63, 3.8) is 0 Å². The van der Waals surface area contributed by atoms with Crippen LogP contribution < -0.4 is 0 Å². The number of hydrogen-bond acceptors (Lipinski definition) is 2. The summed E-state index contributed by atoms with van der Waals surface area (Å²) in [5, 5.41) is 0. The van der Waals surface area contributed by atoms with Crippen molar-refractivity contribution in [2.24, 2.45) is 11.8 Å². The predicted octanol–water partition coefficient (Wildman–Crippen LogP) is 1.82. The highest BCUT2D eigenvalue weighted by molar-refractivity contribution is 5.97. The van der Waals surface area contributed by atoms with Crippen LogP contribution in [-0.2, 0) is 4.79 Å². The van der Waals surface area contributed by atoms with E-state index in [0.717, 1.165) is 12.0 Å². The molecule has 0 aromatic carbocycles. The van der Waals surface area contributed by atoms with E-state index in [0.29, 0.717) is 17.6 Å². The van der Waals surface area contributed by atoms with Gasteiger partial charge in [-0.1, -0.05) is 0 Å². The lowest BCUT2D eigenvalue weighted by Gasteiger charge is -2.22. The standard InChI is InChI=1S/C11H17NO/c1-12(2)7-10-9-4-3-8(5-9)6-11(10)13/h7-9H,3-6H2,1-2H3/b10-7-. The van der Waals surface area contributed by atoms with Crippen molar-refractivity contribution in [2.45, 2.75) is 25.7 Å². The van der Waals surface area contributed by atoms with Gasteiger partial charge in [-0.15, -0.1) is 0 Å². The minimum Gasteiger partial charge on any atom is -0.383 e. The summed E-state index contributed by atoms with van der Waals surface area (Å²) in [6.07, 6.45) is 6.58. The number of allylic oxidation sites excluding steroid dienone is 1. The summed E-state index contributed by atoms with van der Waals surface area (Å²) in [6.45, 7) is 0. The van der Waals surface area contributed by atoms with Gasteiger partial charge in [-0.05, 0) is 31.1 Å². The summed E-state index contributed by atoms with van der Waals surface area (Å²) in [7, 11) is 3.97. The zero-order valence-corrected chi connectivity index (χ0v) is 8.42. The molecule has 0 aromatic heterocycles. The van der Waals surface area contributed by atoms with Crippen molar-refractivity contribution < 1.29 is 4.79 Å². The molecule has 2 rings (SSSR count). The first-order valence-corrected chi connectivity index (χ1v) is 5.08. The van der Waals surface area contributed by atoms with Gasteiger partial charge in [-0.2, -0.15) is 0 Å². The molecule has 2 bridgehead atoms. The smallest absolute Gasteiger partial charge is 0.160 e. The largest absolute Gasteiger partial charge is 0.383 e. The van der Waals surface area contributed by atoms with Crippen molar-refractivity contribution in [2.75, 3.05) is 14.1 Å². The van der Waals surface area contributed by atoms with Gasteiger partial charge < -0.3 is 4.90 Å². The van der Waals surface area contributed by atoms with Gasteiger partial charge in [0.05, 0.1) is 0 Å². The van der Waals surface area contributed by atoms with Crippen LogP contribution in [0, 0.1) is 11.8 Å². The molecule has 2 aliphatic carbocycles. The van der Waals surface area contributed by atoms with Gasteiger partial charge >= 0.3 is 0 Å². The van der Waals surface area contributed by atoms with Crippen LogP contribution in [0.3, 0.4) is 0 Å². The van der Waals surface area contributed by atoms with Gasteiger partial charge in [0.1, 0.15) is 0 Å². The lowest BCUT2D eigenvalue weighted by Crippen LogP contribution is -2.21. The number of ketones is 1. The second kappa shape index (κ2) is 3.17. The second-order valence-corrected chi connectivity index (χ2v) is 4.55. The topological polar surface area (TPSA) is 20.3 Å². The third-order valence-corrected chi connectivity index (χ3v) is 3.17. The molecule has 72 valence electrons. The molecule has 2 nitrogen and oxygen atoms in total. The average Bonchev–Trinajstić information content (AvgIpc) is 2.42. The first-order chi connectivity index (χ1) is 6.16. The third-order valence-electron chi connectivity index (χ3n) is 3.17. The summed E-state index contributed by atoms with van der Waals surface area (Å²) in [6, 6.07) is 0.